The highest BCUT2D eigenvalue weighted by Gasteiger charge is 2.24. The molecule has 0 unspecified atom stereocenters. The zero-order valence-electron chi connectivity index (χ0n) is 29.1. The number of hydrogen-bond donors (Lipinski definition) is 1. The summed E-state index contributed by atoms with van der Waals surface area (Å²) in [7, 11) is 0. The average Bonchev–Trinajstić information content (AvgIpc) is 3.66. The molecule has 1 N–H and O–H groups in total. The van der Waals surface area contributed by atoms with E-state index in [0.29, 0.717) is 0 Å². The van der Waals surface area contributed by atoms with Crippen LogP contribution in [-0.4, -0.2) is 16.4 Å². The first-order chi connectivity index (χ1) is 22.7. The number of rotatable bonds is 6. The lowest BCUT2D eigenvalue weighted by atomic mass is 9.88. The molecule has 7 rings (SSSR count). The molecule has 1 aromatic carbocycles. The molecule has 0 radical (unpaired) electrons. The van der Waals surface area contributed by atoms with E-state index in [-0.39, 0.29) is 5.41 Å². The van der Waals surface area contributed by atoms with Crippen LogP contribution in [0, 0.1) is 0 Å². The van der Waals surface area contributed by atoms with Gasteiger partial charge in [0.1, 0.15) is 0 Å². The Balaban J connectivity index is 1.56. The van der Waals surface area contributed by atoms with E-state index in [4.69, 9.17) is 9.98 Å². The maximum atomic E-state index is 5.36. The van der Waals surface area contributed by atoms with Gasteiger partial charge in [-0.05, 0) is 125 Å². The second-order valence-electron chi connectivity index (χ2n) is 14.5. The Morgan fingerprint density at radius 1 is 0.617 bits per heavy atom. The molecule has 0 atom stereocenters. The second-order valence-corrected chi connectivity index (χ2v) is 14.5. The predicted octanol–water partition coefficient (Wildman–Crippen LogP) is 10.4. The van der Waals surface area contributed by atoms with Crippen molar-refractivity contribution in [2.24, 2.45) is 9.98 Å². The number of nitrogens with zero attached hydrogens (tertiary/aromatic N) is 2. The number of benzene rings is 1. The molecule has 47 heavy (non-hydrogen) atoms. The Morgan fingerprint density at radius 3 is 1.51 bits per heavy atom. The first-order valence-electron chi connectivity index (χ1n) is 17.6. The molecule has 0 fully saturated rings. The van der Waals surface area contributed by atoms with Gasteiger partial charge in [-0.3, -0.25) is 0 Å². The zero-order valence-corrected chi connectivity index (χ0v) is 29.1. The van der Waals surface area contributed by atoms with Gasteiger partial charge in [-0.25, -0.2) is 9.98 Å². The average molecular weight is 618 g/mol. The van der Waals surface area contributed by atoms with Crippen molar-refractivity contribution in [3.8, 4) is 11.1 Å². The van der Waals surface area contributed by atoms with E-state index in [0.717, 1.165) is 72.0 Å². The molecule has 8 bridgehead atoms. The summed E-state index contributed by atoms with van der Waals surface area (Å²) in [6.07, 6.45) is 15.9. The van der Waals surface area contributed by atoms with Crippen molar-refractivity contribution in [1.29, 1.82) is 0 Å². The van der Waals surface area contributed by atoms with Crippen LogP contribution in [0.3, 0.4) is 0 Å². The van der Waals surface area contributed by atoms with Gasteiger partial charge >= 0.3 is 0 Å². The van der Waals surface area contributed by atoms with Gasteiger partial charge in [0.15, 0.2) is 0 Å². The minimum Gasteiger partial charge on any atom is -0.354 e. The van der Waals surface area contributed by atoms with Crippen LogP contribution in [0.15, 0.2) is 98.3 Å². The molecular formula is C44H47N3. The van der Waals surface area contributed by atoms with E-state index >= 15 is 0 Å². The lowest BCUT2D eigenvalue weighted by Crippen LogP contribution is -2.14. The zero-order chi connectivity index (χ0) is 32.9. The second kappa shape index (κ2) is 12.3. The molecule has 3 heteroatoms. The maximum absolute atomic E-state index is 5.36. The highest BCUT2D eigenvalue weighted by atomic mass is 14.8. The van der Waals surface area contributed by atoms with Gasteiger partial charge in [-0.1, -0.05) is 96.0 Å². The van der Waals surface area contributed by atoms with Crippen molar-refractivity contribution in [2.75, 3.05) is 0 Å². The summed E-state index contributed by atoms with van der Waals surface area (Å²) in [6, 6.07) is 20.3. The van der Waals surface area contributed by atoms with E-state index in [1.165, 1.54) is 60.9 Å². The quantitative estimate of drug-likeness (QED) is 0.224. The number of fused-ring (bicyclic) bond motifs is 12. The van der Waals surface area contributed by atoms with E-state index < -0.39 is 0 Å². The normalized spacial score (nSPS) is 16.3. The van der Waals surface area contributed by atoms with Crippen LogP contribution >= 0.6 is 0 Å². The monoisotopic (exact) mass is 617 g/mol. The Labute approximate surface area is 280 Å². The van der Waals surface area contributed by atoms with Crippen molar-refractivity contribution in [3.05, 3.63) is 116 Å². The Kier molecular flexibility index (Phi) is 8.12. The third-order valence-electron chi connectivity index (χ3n) is 10.2. The number of hydrogen-bond acceptors (Lipinski definition) is 2. The highest BCUT2D eigenvalue weighted by Crippen LogP contribution is 2.41. The number of nitrogens with one attached hydrogen (secondary N) is 1. The molecule has 5 aliphatic rings. The molecule has 3 nitrogen and oxygen atoms in total. The molecule has 2 aliphatic carbocycles. The third-order valence-corrected chi connectivity index (χ3v) is 10.2. The van der Waals surface area contributed by atoms with Crippen molar-refractivity contribution in [3.63, 3.8) is 0 Å². The summed E-state index contributed by atoms with van der Waals surface area (Å²) >= 11 is 0. The summed E-state index contributed by atoms with van der Waals surface area (Å²) < 4.78 is 0. The lowest BCUT2D eigenvalue weighted by molar-refractivity contribution is 0.591. The van der Waals surface area contributed by atoms with Gasteiger partial charge in [-0.2, -0.15) is 0 Å². The predicted molar refractivity (Wildman–Crippen MR) is 204 cm³/mol. The van der Waals surface area contributed by atoms with Crippen LogP contribution in [0.4, 0.5) is 0 Å². The SMILES string of the molecule is CCCCC1=C(C)C2=NC1=Cc1cc(c3ccc(C(C)(C)C)ccc1-3)C=C1N=C(C=c3[nH]c(c4ccccc34)=C2)C(C)=C1CCCC. The minimum atomic E-state index is 0.0586. The lowest BCUT2D eigenvalue weighted by Gasteiger charge is -2.17. The van der Waals surface area contributed by atoms with Gasteiger partial charge in [-0.15, -0.1) is 0 Å². The van der Waals surface area contributed by atoms with Crippen LogP contribution in [0.5, 0.6) is 0 Å². The summed E-state index contributed by atoms with van der Waals surface area (Å²) in [5.74, 6) is 0. The standard InChI is InChI=1S/C44H47N3/c1-8-10-14-32-27(3)38-25-42-36-16-12-13-17-37(36)43(47-42)26-39-28(4)33(15-11-9-2)41(46-39)24-30-22-29(23-40(32)45-38)34-20-18-31(44(5,6)7)19-21-35(30)34/h12-13,16-26,47H,8-11,14-15H2,1-7H3. The van der Waals surface area contributed by atoms with Crippen molar-refractivity contribution in [1.82, 2.24) is 4.98 Å². The van der Waals surface area contributed by atoms with Gasteiger partial charge in [0.05, 0.1) is 22.8 Å². The molecule has 2 aromatic rings. The number of aromatic amines is 1. The number of unbranched alkanes of at least 4 members (excludes halogenated alkanes) is 2. The summed E-state index contributed by atoms with van der Waals surface area (Å²) in [5, 5.41) is 4.61. The molecule has 0 spiro atoms. The van der Waals surface area contributed by atoms with Gasteiger partial charge < -0.3 is 4.98 Å². The van der Waals surface area contributed by atoms with Gasteiger partial charge in [0.2, 0.25) is 0 Å². The third kappa shape index (κ3) is 5.71. The molecule has 0 amide bonds. The van der Waals surface area contributed by atoms with Crippen molar-refractivity contribution in [2.45, 2.75) is 92.4 Å². The Bertz CT molecular complexity index is 2050. The fourth-order valence-electron chi connectivity index (χ4n) is 7.29. The highest BCUT2D eigenvalue weighted by molar-refractivity contribution is 6.25. The van der Waals surface area contributed by atoms with Crippen LogP contribution in [0.25, 0.3) is 46.2 Å². The summed E-state index contributed by atoms with van der Waals surface area (Å²) in [4.78, 5) is 14.5. The molecule has 0 saturated carbocycles. The first kappa shape index (κ1) is 31.1. The van der Waals surface area contributed by atoms with Crippen LogP contribution < -0.4 is 10.7 Å². The molecular weight excluding hydrogens is 571 g/mol. The number of allylic oxidation sites excluding steroid dienone is 4. The van der Waals surface area contributed by atoms with Crippen LogP contribution in [-0.2, 0) is 5.41 Å². The van der Waals surface area contributed by atoms with Crippen LogP contribution in [0.1, 0.15) is 104 Å². The van der Waals surface area contributed by atoms with Gasteiger partial charge in [0.25, 0.3) is 0 Å². The molecule has 238 valence electrons. The van der Waals surface area contributed by atoms with Crippen molar-refractivity contribution < 1.29 is 0 Å². The number of aliphatic imine (C=N–C) groups is 2. The maximum Gasteiger partial charge on any atom is 0.0690 e. The largest absolute Gasteiger partial charge is 0.354 e. The summed E-state index contributed by atoms with van der Waals surface area (Å²) in [5.41, 5.74) is 15.9. The number of H-pyrrole nitrogens is 1. The number of aromatic nitrogens is 1. The fraction of sp³-hybridized carbons (Fsp3) is 0.318. The van der Waals surface area contributed by atoms with E-state index in [1.807, 2.05) is 0 Å². The van der Waals surface area contributed by atoms with E-state index in [2.05, 4.69) is 132 Å². The topological polar surface area (TPSA) is 40.5 Å². The van der Waals surface area contributed by atoms with Crippen LogP contribution in [0.2, 0.25) is 0 Å². The van der Waals surface area contributed by atoms with Crippen molar-refractivity contribution >= 4 is 46.5 Å². The molecule has 3 aliphatic heterocycles. The fourth-order valence-corrected chi connectivity index (χ4v) is 7.29. The smallest absolute Gasteiger partial charge is 0.0690 e. The minimum absolute atomic E-state index is 0.0586. The van der Waals surface area contributed by atoms with E-state index in [1.54, 1.807) is 0 Å². The molecule has 1 aromatic heterocycles. The van der Waals surface area contributed by atoms with Gasteiger partial charge in [0, 0.05) is 21.5 Å². The molecule has 0 saturated heterocycles. The Hall–Kier alpha value is -4.50. The first-order valence-corrected chi connectivity index (χ1v) is 17.6. The van der Waals surface area contributed by atoms with E-state index in [9.17, 15) is 0 Å². The Morgan fingerprint density at radius 2 is 1.09 bits per heavy atom. The molecule has 4 heterocycles. The summed E-state index contributed by atoms with van der Waals surface area (Å²) in [6.45, 7) is 15.9.